The van der Waals surface area contributed by atoms with Crippen molar-refractivity contribution in [2.24, 2.45) is 7.05 Å². The Hall–Kier alpha value is -1.56. The van der Waals surface area contributed by atoms with Crippen molar-refractivity contribution in [3.05, 3.63) is 11.3 Å². The van der Waals surface area contributed by atoms with E-state index in [1.807, 2.05) is 0 Å². The van der Waals surface area contributed by atoms with Crippen LogP contribution in [0.15, 0.2) is 0 Å². The maximum absolute atomic E-state index is 11.9. The molecule has 0 saturated heterocycles. The Morgan fingerprint density at radius 2 is 2.31 bits per heavy atom. The smallest absolute Gasteiger partial charge is 0.258 e. The van der Waals surface area contributed by atoms with Crippen molar-refractivity contribution in [1.82, 2.24) is 15.1 Å². The zero-order chi connectivity index (χ0) is 12.3. The van der Waals surface area contributed by atoms with Crippen molar-refractivity contribution in [3.8, 4) is 5.88 Å². The predicted octanol–water partition coefficient (Wildman–Crippen LogP) is -0.152. The number of rotatable bonds is 4. The average Bonchev–Trinajstić information content (AvgIpc) is 2.52. The first kappa shape index (κ1) is 12.5. The van der Waals surface area contributed by atoms with E-state index in [2.05, 4.69) is 10.4 Å². The van der Waals surface area contributed by atoms with Gasteiger partial charge in [-0.05, 0) is 13.8 Å². The molecule has 6 nitrogen and oxygen atoms in total. The van der Waals surface area contributed by atoms with Crippen molar-refractivity contribution in [1.29, 1.82) is 0 Å². The van der Waals surface area contributed by atoms with Gasteiger partial charge in [0.25, 0.3) is 5.91 Å². The fourth-order valence-corrected chi connectivity index (χ4v) is 1.47. The van der Waals surface area contributed by atoms with E-state index in [1.54, 1.807) is 20.9 Å². The van der Waals surface area contributed by atoms with Gasteiger partial charge in [0, 0.05) is 13.1 Å². The number of methoxy groups -OCH3 is 1. The van der Waals surface area contributed by atoms with Crippen LogP contribution in [0.2, 0.25) is 0 Å². The van der Waals surface area contributed by atoms with Gasteiger partial charge in [-0.15, -0.1) is 0 Å². The molecule has 6 heteroatoms. The second-order valence-electron chi connectivity index (χ2n) is 3.65. The van der Waals surface area contributed by atoms with Crippen molar-refractivity contribution in [2.75, 3.05) is 13.7 Å². The second-order valence-corrected chi connectivity index (χ2v) is 3.65. The summed E-state index contributed by atoms with van der Waals surface area (Å²) in [6, 6.07) is -0.295. The highest BCUT2D eigenvalue weighted by Gasteiger charge is 2.21. The van der Waals surface area contributed by atoms with Gasteiger partial charge in [0.05, 0.1) is 19.4 Å². The number of carbonyl (C=O) groups is 1. The Balaban J connectivity index is 2.98. The van der Waals surface area contributed by atoms with Gasteiger partial charge in [0.1, 0.15) is 5.56 Å². The number of hydrogen-bond donors (Lipinski definition) is 2. The summed E-state index contributed by atoms with van der Waals surface area (Å²) in [4.78, 5) is 11.9. The number of carbonyl (C=O) groups excluding carboxylic acids is 1. The van der Waals surface area contributed by atoms with E-state index >= 15 is 0 Å². The van der Waals surface area contributed by atoms with Gasteiger partial charge < -0.3 is 15.2 Å². The summed E-state index contributed by atoms with van der Waals surface area (Å²) in [5.74, 6) is 0.129. The maximum Gasteiger partial charge on any atom is 0.258 e. The molecule has 16 heavy (non-hydrogen) atoms. The first-order chi connectivity index (χ1) is 7.51. The second kappa shape index (κ2) is 4.98. The molecule has 0 spiro atoms. The highest BCUT2D eigenvalue weighted by Crippen LogP contribution is 2.20. The average molecular weight is 227 g/mol. The fraction of sp³-hybridized carbons (Fsp3) is 0.600. The third-order valence-corrected chi connectivity index (χ3v) is 2.24. The lowest BCUT2D eigenvalue weighted by Crippen LogP contribution is -2.35. The summed E-state index contributed by atoms with van der Waals surface area (Å²) >= 11 is 0. The van der Waals surface area contributed by atoms with Crippen LogP contribution < -0.4 is 10.1 Å². The van der Waals surface area contributed by atoms with Crippen molar-refractivity contribution in [2.45, 2.75) is 19.9 Å². The lowest BCUT2D eigenvalue weighted by atomic mass is 10.2. The molecule has 0 aliphatic rings. The van der Waals surface area contributed by atoms with Gasteiger partial charge in [-0.25, -0.2) is 4.68 Å². The number of aliphatic hydroxyl groups excluding tert-OH is 1. The van der Waals surface area contributed by atoms with Crippen molar-refractivity contribution in [3.63, 3.8) is 0 Å². The molecule has 0 fully saturated rings. The SMILES string of the molecule is COc1c(C(=O)NC(C)CO)c(C)nn1C. The van der Waals surface area contributed by atoms with Gasteiger partial charge in [0.15, 0.2) is 0 Å². The molecule has 0 saturated carbocycles. The molecule has 0 radical (unpaired) electrons. The molecular weight excluding hydrogens is 210 g/mol. The van der Waals surface area contributed by atoms with Crippen LogP contribution in [-0.2, 0) is 7.05 Å². The van der Waals surface area contributed by atoms with Crippen LogP contribution >= 0.6 is 0 Å². The van der Waals surface area contributed by atoms with Crippen LogP contribution in [0.5, 0.6) is 5.88 Å². The monoisotopic (exact) mass is 227 g/mol. The van der Waals surface area contributed by atoms with Gasteiger partial charge in [-0.3, -0.25) is 4.79 Å². The zero-order valence-corrected chi connectivity index (χ0v) is 9.94. The number of hydrogen-bond acceptors (Lipinski definition) is 4. The highest BCUT2D eigenvalue weighted by atomic mass is 16.5. The fourth-order valence-electron chi connectivity index (χ4n) is 1.47. The van der Waals surface area contributed by atoms with E-state index < -0.39 is 0 Å². The van der Waals surface area contributed by atoms with Crippen molar-refractivity contribution < 1.29 is 14.6 Å². The zero-order valence-electron chi connectivity index (χ0n) is 9.94. The van der Waals surface area contributed by atoms with Crippen LogP contribution in [0.4, 0.5) is 0 Å². The minimum Gasteiger partial charge on any atom is -0.481 e. The van der Waals surface area contributed by atoms with E-state index in [-0.39, 0.29) is 18.6 Å². The molecule has 1 rings (SSSR count). The third-order valence-electron chi connectivity index (χ3n) is 2.24. The number of nitrogens with one attached hydrogen (secondary N) is 1. The maximum atomic E-state index is 11.9. The summed E-state index contributed by atoms with van der Waals surface area (Å²) in [6.45, 7) is 3.35. The van der Waals surface area contributed by atoms with E-state index in [4.69, 9.17) is 9.84 Å². The molecule has 0 aromatic carbocycles. The van der Waals surface area contributed by atoms with Crippen LogP contribution in [0.3, 0.4) is 0 Å². The normalized spacial score (nSPS) is 12.3. The molecule has 1 atom stereocenters. The minimum atomic E-state index is -0.295. The standard InChI is InChI=1S/C10H17N3O3/c1-6(5-14)11-9(15)8-7(2)12-13(3)10(8)16-4/h6,14H,5H2,1-4H3,(H,11,15). The van der Waals surface area contributed by atoms with Crippen LogP contribution in [0.1, 0.15) is 23.0 Å². The molecule has 2 N–H and O–H groups in total. The van der Waals surface area contributed by atoms with Gasteiger partial charge in [-0.2, -0.15) is 5.10 Å². The first-order valence-corrected chi connectivity index (χ1v) is 5.00. The van der Waals surface area contributed by atoms with Crippen LogP contribution in [-0.4, -0.2) is 40.6 Å². The molecule has 1 amide bonds. The highest BCUT2D eigenvalue weighted by molar-refractivity contribution is 5.97. The number of amides is 1. The Morgan fingerprint density at radius 1 is 1.69 bits per heavy atom. The number of nitrogens with zero attached hydrogens (tertiary/aromatic N) is 2. The van der Waals surface area contributed by atoms with Gasteiger partial charge in [0.2, 0.25) is 5.88 Å². The molecule has 1 unspecified atom stereocenters. The topological polar surface area (TPSA) is 76.4 Å². The summed E-state index contributed by atoms with van der Waals surface area (Å²) in [5.41, 5.74) is 1.01. The third kappa shape index (κ3) is 2.33. The molecule has 1 heterocycles. The number of aryl methyl sites for hydroxylation is 2. The number of aliphatic hydroxyl groups is 1. The van der Waals surface area contributed by atoms with Gasteiger partial charge in [-0.1, -0.05) is 0 Å². The van der Waals surface area contributed by atoms with E-state index in [0.29, 0.717) is 17.1 Å². The molecule has 0 bridgehead atoms. The first-order valence-electron chi connectivity index (χ1n) is 5.00. The van der Waals surface area contributed by atoms with Crippen LogP contribution in [0.25, 0.3) is 0 Å². The number of ether oxygens (including phenoxy) is 1. The summed E-state index contributed by atoms with van der Waals surface area (Å²) in [5, 5.41) is 15.6. The Labute approximate surface area is 94.2 Å². The predicted molar refractivity (Wildman–Crippen MR) is 58.5 cm³/mol. The van der Waals surface area contributed by atoms with E-state index in [9.17, 15) is 4.79 Å². The largest absolute Gasteiger partial charge is 0.481 e. The number of aromatic nitrogens is 2. The molecule has 0 aliphatic carbocycles. The quantitative estimate of drug-likeness (QED) is 0.750. The molecule has 0 aliphatic heterocycles. The Bertz CT molecular complexity index is 387. The summed E-state index contributed by atoms with van der Waals surface area (Å²) in [7, 11) is 3.20. The van der Waals surface area contributed by atoms with E-state index in [1.165, 1.54) is 11.8 Å². The summed E-state index contributed by atoms with van der Waals surface area (Å²) in [6.07, 6.45) is 0. The molecule has 1 aromatic rings. The molecule has 1 aromatic heterocycles. The Kier molecular flexibility index (Phi) is 3.89. The Morgan fingerprint density at radius 3 is 2.81 bits per heavy atom. The minimum absolute atomic E-state index is 0.104. The molecule has 90 valence electrons. The van der Waals surface area contributed by atoms with Gasteiger partial charge >= 0.3 is 0 Å². The van der Waals surface area contributed by atoms with Crippen molar-refractivity contribution >= 4 is 5.91 Å². The molecular formula is C10H17N3O3. The summed E-state index contributed by atoms with van der Waals surface area (Å²) < 4.78 is 6.62. The lowest BCUT2D eigenvalue weighted by molar-refractivity contribution is 0.0918. The van der Waals surface area contributed by atoms with Crippen LogP contribution in [0, 0.1) is 6.92 Å². The van der Waals surface area contributed by atoms with E-state index in [0.717, 1.165) is 0 Å². The lowest BCUT2D eigenvalue weighted by Gasteiger charge is -2.11.